The predicted octanol–water partition coefficient (Wildman–Crippen LogP) is 17.9. The lowest BCUT2D eigenvalue weighted by molar-refractivity contribution is 0.794. The Morgan fingerprint density at radius 3 is 1.19 bits per heavy atom. The molecular weight excluding hydrogens is 819 g/mol. The molecule has 68 heavy (non-hydrogen) atoms. The fourth-order valence-corrected chi connectivity index (χ4v) is 11.4. The van der Waals surface area contributed by atoms with Gasteiger partial charge in [-0.1, -0.05) is 206 Å². The molecule has 3 aliphatic rings. The molecule has 3 aliphatic carbocycles. The van der Waals surface area contributed by atoms with Crippen LogP contribution in [0.25, 0.3) is 72.3 Å². The fraction of sp³-hybridized carbons (Fsp3) is 0.0448. The van der Waals surface area contributed by atoms with Crippen LogP contribution in [0.1, 0.15) is 40.7 Å². The summed E-state index contributed by atoms with van der Waals surface area (Å²) in [5.74, 6) is 0. The molecule has 0 aliphatic heterocycles. The molecule has 1 heteroatoms. The smallest absolute Gasteiger partial charge is 0.0725 e. The topological polar surface area (TPSA) is 3.24 Å². The van der Waals surface area contributed by atoms with Crippen molar-refractivity contribution < 1.29 is 0 Å². The maximum Gasteiger partial charge on any atom is 0.0725 e. The third kappa shape index (κ3) is 6.54. The van der Waals surface area contributed by atoms with Crippen molar-refractivity contribution >= 4 is 22.6 Å². The molecule has 0 aromatic heterocycles. The molecule has 0 saturated carbocycles. The molecule has 0 saturated heterocycles. The highest BCUT2D eigenvalue weighted by Gasteiger charge is 2.51. The highest BCUT2D eigenvalue weighted by atomic mass is 15.1. The monoisotopic (exact) mass is 865 g/mol. The number of nitrogens with zero attached hydrogens (tertiary/aromatic N) is 1. The molecule has 0 unspecified atom stereocenters. The number of benzene rings is 10. The van der Waals surface area contributed by atoms with Crippen molar-refractivity contribution in [3.63, 3.8) is 0 Å². The Labute approximate surface area is 399 Å². The van der Waals surface area contributed by atoms with Gasteiger partial charge < -0.3 is 4.90 Å². The van der Waals surface area contributed by atoms with E-state index in [1.807, 2.05) is 0 Å². The van der Waals surface area contributed by atoms with E-state index in [-0.39, 0.29) is 0 Å². The number of anilines is 3. The van der Waals surface area contributed by atoms with Crippen molar-refractivity contribution in [1.82, 2.24) is 0 Å². The Balaban J connectivity index is 0.997. The Morgan fingerprint density at radius 1 is 0.294 bits per heavy atom. The first-order valence-corrected chi connectivity index (χ1v) is 23.9. The second-order valence-electron chi connectivity index (χ2n) is 18.3. The number of hydrogen-bond acceptors (Lipinski definition) is 1. The van der Waals surface area contributed by atoms with Gasteiger partial charge in [0.25, 0.3) is 0 Å². The number of allylic oxidation sites excluding steroid dienone is 4. The molecule has 320 valence electrons. The van der Waals surface area contributed by atoms with E-state index < -0.39 is 5.41 Å². The van der Waals surface area contributed by atoms with Crippen LogP contribution in [0.15, 0.2) is 261 Å². The van der Waals surface area contributed by atoms with E-state index in [0.29, 0.717) is 0 Å². The van der Waals surface area contributed by atoms with Gasteiger partial charge in [0.2, 0.25) is 0 Å². The summed E-state index contributed by atoms with van der Waals surface area (Å²) in [5.41, 5.74) is 25.7. The van der Waals surface area contributed by atoms with Gasteiger partial charge in [0, 0.05) is 17.1 Å². The van der Waals surface area contributed by atoms with Crippen LogP contribution in [0.2, 0.25) is 0 Å². The minimum Gasteiger partial charge on any atom is -0.310 e. The minimum absolute atomic E-state index is 0.392. The van der Waals surface area contributed by atoms with Gasteiger partial charge in [0.15, 0.2) is 0 Å². The first-order valence-electron chi connectivity index (χ1n) is 23.9. The molecule has 13 rings (SSSR count). The molecule has 0 bridgehead atoms. The standard InChI is InChI=1S/C67H47N/c1-5-19-46(20-6-1)52-39-53(47-21-7-2-8-22-47)42-57(41-52)68(58-43-54(48-23-9-3-10-24-48)40-55(44-58)49-25-11-4-12-26-49)56-36-33-50(34-37-56)51-35-38-62-61-29-15-18-32-65(61)67(66(62)45-51)63-30-16-13-27-59(63)60-28-14-17-31-64(60)67/h1-11,13-25,27-45H,12,26H2. The lowest BCUT2D eigenvalue weighted by Crippen LogP contribution is -2.25. The van der Waals surface area contributed by atoms with Crippen molar-refractivity contribution in [2.24, 2.45) is 0 Å². The molecule has 0 amide bonds. The van der Waals surface area contributed by atoms with Crippen LogP contribution in [0.5, 0.6) is 0 Å². The van der Waals surface area contributed by atoms with Gasteiger partial charge in [-0.05, 0) is 168 Å². The highest BCUT2D eigenvalue weighted by Crippen LogP contribution is 2.63. The Kier molecular flexibility index (Phi) is 9.61. The first-order chi connectivity index (χ1) is 33.7. The van der Waals surface area contributed by atoms with Gasteiger partial charge in [0.05, 0.1) is 5.41 Å². The maximum absolute atomic E-state index is 2.48. The normalized spacial score (nSPS) is 13.6. The van der Waals surface area contributed by atoms with Gasteiger partial charge in [-0.25, -0.2) is 0 Å². The molecule has 10 aromatic rings. The average molecular weight is 866 g/mol. The zero-order chi connectivity index (χ0) is 45.0. The van der Waals surface area contributed by atoms with Gasteiger partial charge in [-0.15, -0.1) is 0 Å². The van der Waals surface area contributed by atoms with Crippen LogP contribution < -0.4 is 4.90 Å². The Bertz CT molecular complexity index is 3480. The van der Waals surface area contributed by atoms with E-state index in [1.54, 1.807) is 0 Å². The van der Waals surface area contributed by atoms with Gasteiger partial charge in [0.1, 0.15) is 0 Å². The highest BCUT2D eigenvalue weighted by molar-refractivity contribution is 5.96. The van der Waals surface area contributed by atoms with Gasteiger partial charge >= 0.3 is 0 Å². The lowest BCUT2D eigenvalue weighted by atomic mass is 9.70. The summed E-state index contributed by atoms with van der Waals surface area (Å²) in [5, 5.41) is 0. The minimum atomic E-state index is -0.392. The van der Waals surface area contributed by atoms with E-state index in [4.69, 9.17) is 0 Å². The molecule has 0 atom stereocenters. The first kappa shape index (κ1) is 39.8. The van der Waals surface area contributed by atoms with Crippen molar-refractivity contribution in [3.05, 3.63) is 289 Å². The number of rotatable bonds is 8. The number of hydrogen-bond donors (Lipinski definition) is 0. The summed E-state index contributed by atoms with van der Waals surface area (Å²) >= 11 is 0. The Morgan fingerprint density at radius 2 is 0.706 bits per heavy atom. The van der Waals surface area contributed by atoms with E-state index in [9.17, 15) is 0 Å². The molecule has 0 N–H and O–H groups in total. The molecule has 10 aromatic carbocycles. The van der Waals surface area contributed by atoms with Gasteiger partial charge in [-0.2, -0.15) is 0 Å². The third-order valence-corrected chi connectivity index (χ3v) is 14.5. The second-order valence-corrected chi connectivity index (χ2v) is 18.3. The largest absolute Gasteiger partial charge is 0.310 e. The summed E-state index contributed by atoms with van der Waals surface area (Å²) in [6.07, 6.45) is 8.82. The molecular formula is C67H47N. The molecule has 0 fully saturated rings. The summed E-state index contributed by atoms with van der Waals surface area (Å²) in [6, 6.07) is 90.2. The SMILES string of the molecule is C1=CCCC(c2cc(-c3ccccc3)cc(N(c3ccc(-c4ccc5c(c4)C4(c6ccccc6-c6ccccc64)c4ccccc4-5)cc3)c3cc(-c4ccccc4)cc(-c4ccccc4)c3)c2)=C1. The Hall–Kier alpha value is -8.52. The maximum atomic E-state index is 2.48. The molecule has 1 spiro atoms. The van der Waals surface area contributed by atoms with Crippen molar-refractivity contribution in [2.75, 3.05) is 4.90 Å². The summed E-state index contributed by atoms with van der Waals surface area (Å²) in [6.45, 7) is 0. The van der Waals surface area contributed by atoms with E-state index in [1.165, 1.54) is 100 Å². The van der Waals surface area contributed by atoms with Gasteiger partial charge in [-0.3, -0.25) is 0 Å². The summed E-state index contributed by atoms with van der Waals surface area (Å²) in [7, 11) is 0. The van der Waals surface area contributed by atoms with Crippen molar-refractivity contribution in [3.8, 4) is 66.8 Å². The van der Waals surface area contributed by atoms with E-state index >= 15 is 0 Å². The lowest BCUT2D eigenvalue weighted by Gasteiger charge is -2.30. The molecule has 0 radical (unpaired) electrons. The fourth-order valence-electron chi connectivity index (χ4n) is 11.4. The third-order valence-electron chi connectivity index (χ3n) is 14.5. The van der Waals surface area contributed by atoms with Crippen molar-refractivity contribution in [1.29, 1.82) is 0 Å². The van der Waals surface area contributed by atoms with Crippen LogP contribution in [-0.4, -0.2) is 0 Å². The zero-order valence-corrected chi connectivity index (χ0v) is 37.7. The van der Waals surface area contributed by atoms with E-state index in [2.05, 4.69) is 266 Å². The van der Waals surface area contributed by atoms with Crippen LogP contribution in [0.4, 0.5) is 17.1 Å². The van der Waals surface area contributed by atoms with Crippen LogP contribution >= 0.6 is 0 Å². The average Bonchev–Trinajstić information content (AvgIpc) is 3.89. The predicted molar refractivity (Wildman–Crippen MR) is 286 cm³/mol. The summed E-state index contributed by atoms with van der Waals surface area (Å²) in [4.78, 5) is 2.47. The quantitative estimate of drug-likeness (QED) is 0.147. The van der Waals surface area contributed by atoms with Crippen LogP contribution in [0.3, 0.4) is 0 Å². The zero-order valence-electron chi connectivity index (χ0n) is 37.7. The van der Waals surface area contributed by atoms with Crippen molar-refractivity contribution in [2.45, 2.75) is 18.3 Å². The van der Waals surface area contributed by atoms with E-state index in [0.717, 1.165) is 29.9 Å². The molecule has 0 heterocycles. The number of fused-ring (bicyclic) bond motifs is 10. The summed E-state index contributed by atoms with van der Waals surface area (Å²) < 4.78 is 0. The van der Waals surface area contributed by atoms with Crippen LogP contribution in [-0.2, 0) is 5.41 Å². The van der Waals surface area contributed by atoms with Crippen LogP contribution in [0, 0.1) is 0 Å². The second kappa shape index (κ2) is 16.4. The molecule has 1 nitrogen and oxygen atoms in total.